The minimum Gasteiger partial charge on any atom is -0.497 e. The first kappa shape index (κ1) is 13.7. The Hall–Kier alpha value is -2.29. The Labute approximate surface area is 124 Å². The minimum absolute atomic E-state index is 0.263. The number of carbonyl (C=O) groups excluding carboxylic acids is 1. The van der Waals surface area contributed by atoms with Crippen molar-refractivity contribution in [3.05, 3.63) is 52.6 Å². The van der Waals surface area contributed by atoms with E-state index < -0.39 is 0 Å². The molecule has 0 amide bonds. The smallest absolute Gasteiger partial charge is 0.338 e. The first-order valence-corrected chi connectivity index (χ1v) is 7.03. The number of hydrogen-bond acceptors (Lipinski definition) is 3. The summed E-state index contributed by atoms with van der Waals surface area (Å²) in [5.74, 6) is 0.625. The van der Waals surface area contributed by atoms with E-state index >= 15 is 0 Å². The van der Waals surface area contributed by atoms with Gasteiger partial charge in [0, 0.05) is 0 Å². The zero-order valence-electron chi connectivity index (χ0n) is 12.5. The average molecular weight is 282 g/mol. The van der Waals surface area contributed by atoms with Crippen molar-refractivity contribution in [1.29, 1.82) is 0 Å². The van der Waals surface area contributed by atoms with E-state index in [2.05, 4.69) is 19.1 Å². The topological polar surface area (TPSA) is 35.5 Å². The molecule has 0 spiro atoms. The minimum atomic E-state index is -0.263. The average Bonchev–Trinajstić information content (AvgIpc) is 2.52. The van der Waals surface area contributed by atoms with E-state index in [-0.39, 0.29) is 5.97 Å². The Balaban J connectivity index is 2.22. The Morgan fingerprint density at radius 1 is 1.14 bits per heavy atom. The fourth-order valence-corrected chi connectivity index (χ4v) is 3.18. The fraction of sp³-hybridized carbons (Fsp3) is 0.278. The van der Waals surface area contributed by atoms with Gasteiger partial charge in [0.25, 0.3) is 0 Å². The Morgan fingerprint density at radius 3 is 2.67 bits per heavy atom. The highest BCUT2D eigenvalue weighted by Crippen LogP contribution is 2.39. The van der Waals surface area contributed by atoms with Crippen molar-refractivity contribution in [3.63, 3.8) is 0 Å². The van der Waals surface area contributed by atoms with E-state index in [4.69, 9.17) is 9.47 Å². The summed E-state index contributed by atoms with van der Waals surface area (Å²) < 4.78 is 10.3. The Morgan fingerprint density at radius 2 is 1.95 bits per heavy atom. The number of ether oxygens (including phenoxy) is 2. The van der Waals surface area contributed by atoms with Gasteiger partial charge in [-0.3, -0.25) is 0 Å². The van der Waals surface area contributed by atoms with E-state index in [0.717, 1.165) is 29.7 Å². The Kier molecular flexibility index (Phi) is 3.42. The molecule has 0 atom stereocenters. The van der Waals surface area contributed by atoms with Crippen LogP contribution in [0.25, 0.3) is 11.1 Å². The molecule has 0 heterocycles. The first-order valence-electron chi connectivity index (χ1n) is 7.03. The molecule has 3 heteroatoms. The van der Waals surface area contributed by atoms with Crippen molar-refractivity contribution in [3.8, 4) is 16.9 Å². The van der Waals surface area contributed by atoms with Crippen LogP contribution in [0.15, 0.2) is 30.3 Å². The molecular weight excluding hydrogens is 264 g/mol. The predicted molar refractivity (Wildman–Crippen MR) is 81.9 cm³/mol. The summed E-state index contributed by atoms with van der Waals surface area (Å²) in [7, 11) is 3.11. The van der Waals surface area contributed by atoms with Crippen LogP contribution in [0.3, 0.4) is 0 Å². The van der Waals surface area contributed by atoms with Gasteiger partial charge in [0.15, 0.2) is 0 Å². The third kappa shape index (κ3) is 2.19. The van der Waals surface area contributed by atoms with Crippen molar-refractivity contribution >= 4 is 5.97 Å². The first-order chi connectivity index (χ1) is 10.2. The monoisotopic (exact) mass is 282 g/mol. The molecule has 108 valence electrons. The van der Waals surface area contributed by atoms with Crippen molar-refractivity contribution in [1.82, 2.24) is 0 Å². The van der Waals surface area contributed by atoms with Crippen LogP contribution in [-0.2, 0) is 17.6 Å². The van der Waals surface area contributed by atoms with Crippen molar-refractivity contribution < 1.29 is 14.3 Å². The molecule has 1 aliphatic rings. The lowest BCUT2D eigenvalue weighted by Crippen LogP contribution is -2.12. The van der Waals surface area contributed by atoms with Gasteiger partial charge in [0.1, 0.15) is 5.75 Å². The van der Waals surface area contributed by atoms with Gasteiger partial charge in [-0.1, -0.05) is 12.1 Å². The summed E-state index contributed by atoms with van der Waals surface area (Å²) in [5.41, 5.74) is 6.58. The summed E-state index contributed by atoms with van der Waals surface area (Å²) in [6, 6.07) is 9.98. The highest BCUT2D eigenvalue weighted by Gasteiger charge is 2.23. The lowest BCUT2D eigenvalue weighted by Gasteiger charge is -2.24. The van der Waals surface area contributed by atoms with Crippen LogP contribution < -0.4 is 4.74 Å². The molecule has 2 aromatic carbocycles. The van der Waals surface area contributed by atoms with E-state index in [0.29, 0.717) is 5.56 Å². The number of rotatable bonds is 2. The normalized spacial score (nSPS) is 12.3. The number of carbonyl (C=O) groups is 1. The van der Waals surface area contributed by atoms with Crippen LogP contribution in [0.4, 0.5) is 0 Å². The highest BCUT2D eigenvalue weighted by molar-refractivity contribution is 5.94. The molecule has 0 radical (unpaired) electrons. The molecule has 0 unspecified atom stereocenters. The van der Waals surface area contributed by atoms with Crippen LogP contribution >= 0.6 is 0 Å². The lowest BCUT2D eigenvalue weighted by molar-refractivity contribution is 0.0599. The zero-order chi connectivity index (χ0) is 15.0. The molecule has 0 saturated carbocycles. The van der Waals surface area contributed by atoms with Crippen molar-refractivity contribution in [2.45, 2.75) is 19.8 Å². The maximum absolute atomic E-state index is 11.9. The van der Waals surface area contributed by atoms with Crippen LogP contribution in [0.2, 0.25) is 0 Å². The highest BCUT2D eigenvalue weighted by atomic mass is 16.5. The summed E-state index contributed by atoms with van der Waals surface area (Å²) in [4.78, 5) is 11.9. The number of hydrogen-bond donors (Lipinski definition) is 0. The molecule has 1 aliphatic carbocycles. The molecule has 0 N–H and O–H groups in total. The molecular formula is C18H18O3. The molecule has 0 bridgehead atoms. The maximum Gasteiger partial charge on any atom is 0.338 e. The van der Waals surface area contributed by atoms with Crippen molar-refractivity contribution in [2.75, 3.05) is 14.2 Å². The van der Waals surface area contributed by atoms with Gasteiger partial charge in [-0.15, -0.1) is 0 Å². The number of methoxy groups -OCH3 is 2. The molecule has 0 aromatic heterocycles. The molecule has 21 heavy (non-hydrogen) atoms. The number of aryl methyl sites for hydroxylation is 2. The van der Waals surface area contributed by atoms with Crippen LogP contribution in [0.1, 0.15) is 27.0 Å². The third-order valence-electron chi connectivity index (χ3n) is 4.12. The van der Waals surface area contributed by atoms with Gasteiger partial charge >= 0.3 is 5.97 Å². The van der Waals surface area contributed by atoms with Crippen molar-refractivity contribution in [2.24, 2.45) is 0 Å². The second kappa shape index (κ2) is 5.24. The maximum atomic E-state index is 11.9. The van der Waals surface area contributed by atoms with Crippen LogP contribution in [0, 0.1) is 6.92 Å². The standard InChI is InChI=1S/C18H18O3/c1-11-9-13(20-2)10-12-7-8-14-15(17(11)12)5-4-6-16(14)18(19)21-3/h4-6,9-10H,7-8H2,1-3H3. The fourth-order valence-electron chi connectivity index (χ4n) is 3.18. The summed E-state index contributed by atoms with van der Waals surface area (Å²) in [6.07, 6.45) is 1.76. The van der Waals surface area contributed by atoms with E-state index in [1.807, 2.05) is 18.2 Å². The third-order valence-corrected chi connectivity index (χ3v) is 4.12. The van der Waals surface area contributed by atoms with E-state index in [1.165, 1.54) is 23.8 Å². The second-order valence-electron chi connectivity index (χ2n) is 5.30. The number of benzene rings is 2. The van der Waals surface area contributed by atoms with E-state index in [9.17, 15) is 4.79 Å². The molecule has 3 nitrogen and oxygen atoms in total. The van der Waals surface area contributed by atoms with Gasteiger partial charge in [0.05, 0.1) is 19.8 Å². The van der Waals surface area contributed by atoms with Gasteiger partial charge < -0.3 is 9.47 Å². The second-order valence-corrected chi connectivity index (χ2v) is 5.30. The molecule has 0 saturated heterocycles. The number of esters is 1. The zero-order valence-corrected chi connectivity index (χ0v) is 12.5. The van der Waals surface area contributed by atoms with Gasteiger partial charge in [-0.2, -0.15) is 0 Å². The Bertz CT molecular complexity index is 717. The molecule has 3 rings (SSSR count). The quantitative estimate of drug-likeness (QED) is 0.790. The number of fused-ring (bicyclic) bond motifs is 3. The molecule has 2 aromatic rings. The van der Waals surface area contributed by atoms with Gasteiger partial charge in [-0.05, 0) is 65.8 Å². The van der Waals surface area contributed by atoms with E-state index in [1.54, 1.807) is 7.11 Å². The molecule has 0 fully saturated rings. The lowest BCUT2D eigenvalue weighted by atomic mass is 9.81. The molecule has 0 aliphatic heterocycles. The van der Waals surface area contributed by atoms with Crippen LogP contribution in [-0.4, -0.2) is 20.2 Å². The summed E-state index contributed by atoms with van der Waals surface area (Å²) in [6.45, 7) is 2.08. The largest absolute Gasteiger partial charge is 0.497 e. The van der Waals surface area contributed by atoms with Crippen LogP contribution in [0.5, 0.6) is 5.75 Å². The summed E-state index contributed by atoms with van der Waals surface area (Å²) in [5, 5.41) is 0. The predicted octanol–water partition coefficient (Wildman–Crippen LogP) is 3.56. The van der Waals surface area contributed by atoms with Gasteiger partial charge in [-0.25, -0.2) is 4.79 Å². The van der Waals surface area contributed by atoms with Gasteiger partial charge in [0.2, 0.25) is 0 Å². The summed E-state index contributed by atoms with van der Waals surface area (Å²) >= 11 is 0. The SMILES string of the molecule is COC(=O)c1cccc2c1CCc1cc(OC)cc(C)c1-2.